The van der Waals surface area contributed by atoms with Crippen LogP contribution in [0, 0.1) is 17.3 Å². The van der Waals surface area contributed by atoms with Crippen molar-refractivity contribution in [3.8, 4) is 0 Å². The van der Waals surface area contributed by atoms with E-state index in [9.17, 15) is 9.59 Å². The summed E-state index contributed by atoms with van der Waals surface area (Å²) in [5.41, 5.74) is 2.86. The Morgan fingerprint density at radius 3 is 2.76 bits per heavy atom. The molecule has 0 aliphatic heterocycles. The standard InChI is InChI=1S/C21H27NO2S/c1-21-11-10-16-15-7-5-14(25-20(24)22(2)3)12-13(15)4-6-17(16)18(21)8-9-19(21)23/h5,7,12,16-18H,4,6,8-11H2,1-3H3. The molecule has 2 fully saturated rings. The highest BCUT2D eigenvalue weighted by atomic mass is 32.2. The summed E-state index contributed by atoms with van der Waals surface area (Å²) >= 11 is 1.31. The number of carbonyl (C=O) groups is 2. The maximum atomic E-state index is 12.4. The van der Waals surface area contributed by atoms with E-state index in [-0.39, 0.29) is 10.7 Å². The predicted molar refractivity (Wildman–Crippen MR) is 101 cm³/mol. The summed E-state index contributed by atoms with van der Waals surface area (Å²) in [6.45, 7) is 2.23. The Morgan fingerprint density at radius 2 is 2.00 bits per heavy atom. The molecule has 0 aromatic heterocycles. The van der Waals surface area contributed by atoms with E-state index in [1.807, 2.05) is 0 Å². The van der Waals surface area contributed by atoms with Gasteiger partial charge in [0.15, 0.2) is 0 Å². The minimum absolute atomic E-state index is 0.0490. The number of carbonyl (C=O) groups excluding carboxylic acids is 2. The van der Waals surface area contributed by atoms with Crippen molar-refractivity contribution in [2.24, 2.45) is 17.3 Å². The van der Waals surface area contributed by atoms with E-state index in [1.165, 1.54) is 29.3 Å². The smallest absolute Gasteiger partial charge is 0.285 e. The molecule has 4 rings (SSSR count). The predicted octanol–water partition coefficient (Wildman–Crippen LogP) is 4.89. The van der Waals surface area contributed by atoms with Gasteiger partial charge < -0.3 is 4.90 Å². The first-order valence-electron chi connectivity index (χ1n) is 9.45. The average Bonchev–Trinajstić information content (AvgIpc) is 2.89. The van der Waals surface area contributed by atoms with Crippen molar-refractivity contribution in [1.29, 1.82) is 0 Å². The Balaban J connectivity index is 1.59. The number of nitrogens with zero attached hydrogens (tertiary/aromatic N) is 1. The zero-order valence-corrected chi connectivity index (χ0v) is 16.2. The molecule has 0 saturated heterocycles. The molecule has 3 aliphatic carbocycles. The molecule has 4 atom stereocenters. The van der Waals surface area contributed by atoms with Gasteiger partial charge in [0.1, 0.15) is 5.78 Å². The number of aryl methyl sites for hydroxylation is 1. The highest BCUT2D eigenvalue weighted by Crippen LogP contribution is 2.59. The van der Waals surface area contributed by atoms with Gasteiger partial charge >= 0.3 is 0 Å². The minimum Gasteiger partial charge on any atom is -0.339 e. The molecule has 25 heavy (non-hydrogen) atoms. The fraction of sp³-hybridized carbons (Fsp3) is 0.619. The molecule has 1 amide bonds. The first-order chi connectivity index (χ1) is 11.9. The zero-order valence-electron chi connectivity index (χ0n) is 15.4. The molecule has 0 radical (unpaired) electrons. The Hall–Kier alpha value is -1.29. The van der Waals surface area contributed by atoms with E-state index in [0.29, 0.717) is 23.5 Å². The minimum atomic E-state index is -0.0490. The summed E-state index contributed by atoms with van der Waals surface area (Å²) < 4.78 is 0. The molecular weight excluding hydrogens is 330 g/mol. The van der Waals surface area contributed by atoms with Gasteiger partial charge in [-0.05, 0) is 84.9 Å². The summed E-state index contributed by atoms with van der Waals surface area (Å²) in [4.78, 5) is 27.0. The van der Waals surface area contributed by atoms with Crippen molar-refractivity contribution in [2.75, 3.05) is 14.1 Å². The van der Waals surface area contributed by atoms with Crippen LogP contribution in [0.5, 0.6) is 0 Å². The van der Waals surface area contributed by atoms with E-state index in [0.717, 1.165) is 37.0 Å². The van der Waals surface area contributed by atoms with Crippen molar-refractivity contribution in [1.82, 2.24) is 4.90 Å². The molecule has 4 heteroatoms. The number of amides is 1. The van der Waals surface area contributed by atoms with Gasteiger partial charge in [-0.1, -0.05) is 13.0 Å². The highest BCUT2D eigenvalue weighted by molar-refractivity contribution is 8.13. The molecule has 2 saturated carbocycles. The van der Waals surface area contributed by atoms with Crippen molar-refractivity contribution in [3.63, 3.8) is 0 Å². The number of hydrogen-bond acceptors (Lipinski definition) is 3. The highest BCUT2D eigenvalue weighted by Gasteiger charge is 2.54. The lowest BCUT2D eigenvalue weighted by atomic mass is 9.55. The van der Waals surface area contributed by atoms with E-state index in [1.54, 1.807) is 19.0 Å². The van der Waals surface area contributed by atoms with Gasteiger partial charge in [-0.25, -0.2) is 0 Å². The van der Waals surface area contributed by atoms with Crippen LogP contribution in [0.3, 0.4) is 0 Å². The van der Waals surface area contributed by atoms with Crippen LogP contribution in [0.4, 0.5) is 4.79 Å². The molecule has 1 aromatic carbocycles. The van der Waals surface area contributed by atoms with Crippen molar-refractivity contribution < 1.29 is 9.59 Å². The average molecular weight is 358 g/mol. The largest absolute Gasteiger partial charge is 0.339 e. The SMILES string of the molecule is CN(C)C(=O)Sc1ccc2c(c1)CCC1C2CCC2(C)C(=O)CCC12. The lowest BCUT2D eigenvalue weighted by Crippen LogP contribution is -2.42. The van der Waals surface area contributed by atoms with Crippen LogP contribution in [0.1, 0.15) is 56.1 Å². The normalized spacial score (nSPS) is 33.4. The molecule has 0 heterocycles. The van der Waals surface area contributed by atoms with E-state index in [2.05, 4.69) is 25.1 Å². The number of ketones is 1. The number of Topliss-reactive ketones (excluding diaryl/α,β-unsaturated/α-hetero) is 1. The van der Waals surface area contributed by atoms with Gasteiger partial charge in [-0.3, -0.25) is 9.59 Å². The molecular formula is C21H27NO2S. The summed E-state index contributed by atoms with van der Waals surface area (Å²) in [6.07, 6.45) is 6.35. The van der Waals surface area contributed by atoms with Crippen LogP contribution in [0.2, 0.25) is 0 Å². The fourth-order valence-electron chi connectivity index (χ4n) is 5.59. The topological polar surface area (TPSA) is 37.4 Å². The molecule has 3 nitrogen and oxygen atoms in total. The van der Waals surface area contributed by atoms with Crippen LogP contribution >= 0.6 is 11.8 Å². The zero-order chi connectivity index (χ0) is 17.8. The van der Waals surface area contributed by atoms with E-state index in [4.69, 9.17) is 0 Å². The van der Waals surface area contributed by atoms with Crippen LogP contribution < -0.4 is 0 Å². The molecule has 1 aromatic rings. The quantitative estimate of drug-likeness (QED) is 0.672. The lowest BCUT2D eigenvalue weighted by Gasteiger charge is -2.48. The second kappa shape index (κ2) is 6.15. The Labute approximate surface area is 154 Å². The first kappa shape index (κ1) is 17.1. The third-order valence-electron chi connectivity index (χ3n) is 6.98. The van der Waals surface area contributed by atoms with Gasteiger partial charge in [0.2, 0.25) is 0 Å². The molecule has 0 spiro atoms. The number of hydrogen-bond donors (Lipinski definition) is 0. The Kier molecular flexibility index (Phi) is 4.22. The first-order valence-corrected chi connectivity index (χ1v) is 10.3. The number of benzene rings is 1. The van der Waals surface area contributed by atoms with Crippen LogP contribution in [-0.2, 0) is 11.2 Å². The Bertz CT molecular complexity index is 729. The molecule has 3 aliphatic rings. The van der Waals surface area contributed by atoms with Crippen LogP contribution in [0.15, 0.2) is 23.1 Å². The van der Waals surface area contributed by atoms with Gasteiger partial charge in [-0.2, -0.15) is 0 Å². The summed E-state index contributed by atoms with van der Waals surface area (Å²) in [5.74, 6) is 2.36. The second-order valence-corrected chi connectivity index (χ2v) is 9.48. The summed E-state index contributed by atoms with van der Waals surface area (Å²) in [6, 6.07) is 6.60. The fourth-order valence-corrected chi connectivity index (χ4v) is 6.31. The van der Waals surface area contributed by atoms with E-state index >= 15 is 0 Å². The number of rotatable bonds is 1. The number of fused-ring (bicyclic) bond motifs is 5. The maximum absolute atomic E-state index is 12.4. The van der Waals surface area contributed by atoms with Gasteiger partial charge in [0.25, 0.3) is 5.24 Å². The molecule has 0 N–H and O–H groups in total. The van der Waals surface area contributed by atoms with Crippen molar-refractivity contribution >= 4 is 22.8 Å². The van der Waals surface area contributed by atoms with Gasteiger partial charge in [0, 0.05) is 30.8 Å². The molecule has 4 unspecified atom stereocenters. The second-order valence-electron chi connectivity index (χ2n) is 8.46. The lowest BCUT2D eigenvalue weighted by molar-refractivity contribution is -0.129. The van der Waals surface area contributed by atoms with Crippen molar-refractivity contribution in [3.05, 3.63) is 29.3 Å². The number of thioether (sulfide) groups is 1. The summed E-state index contributed by atoms with van der Waals surface area (Å²) in [5, 5.41) is 0.0755. The molecule has 134 valence electrons. The summed E-state index contributed by atoms with van der Waals surface area (Å²) in [7, 11) is 3.58. The van der Waals surface area contributed by atoms with Gasteiger partial charge in [0.05, 0.1) is 0 Å². The van der Waals surface area contributed by atoms with Gasteiger partial charge in [-0.15, -0.1) is 0 Å². The van der Waals surface area contributed by atoms with Crippen LogP contribution in [-0.4, -0.2) is 30.0 Å². The van der Waals surface area contributed by atoms with Crippen molar-refractivity contribution in [2.45, 2.75) is 56.3 Å². The maximum Gasteiger partial charge on any atom is 0.285 e. The molecule has 0 bridgehead atoms. The van der Waals surface area contributed by atoms with E-state index < -0.39 is 0 Å². The monoisotopic (exact) mass is 357 g/mol. The third-order valence-corrected chi connectivity index (χ3v) is 8.01. The third kappa shape index (κ3) is 2.73. The Morgan fingerprint density at radius 1 is 1.20 bits per heavy atom. The van der Waals surface area contributed by atoms with Crippen LogP contribution in [0.25, 0.3) is 0 Å².